The summed E-state index contributed by atoms with van der Waals surface area (Å²) in [7, 11) is 0. The lowest BCUT2D eigenvalue weighted by atomic mass is 10.1. The van der Waals surface area contributed by atoms with Crippen LogP contribution in [-0.2, 0) is 0 Å². The van der Waals surface area contributed by atoms with Crippen LogP contribution in [0.1, 0.15) is 55.8 Å². The zero-order chi connectivity index (χ0) is 10.7. The number of rotatable bonds is 3. The zero-order valence-electron chi connectivity index (χ0n) is 9.30. The second-order valence-corrected chi connectivity index (χ2v) is 5.64. The van der Waals surface area contributed by atoms with Crippen LogP contribution >= 0.6 is 0 Å². The minimum atomic E-state index is 0.0103. The average molecular weight is 219 g/mol. The van der Waals surface area contributed by atoms with Gasteiger partial charge in [0.1, 0.15) is 0 Å². The number of nitrogens with zero attached hydrogens (tertiary/aromatic N) is 2. The molecule has 16 heavy (non-hydrogen) atoms. The predicted molar refractivity (Wildman–Crippen MR) is 57.5 cm³/mol. The Labute approximate surface area is 94.6 Å². The van der Waals surface area contributed by atoms with Gasteiger partial charge >= 0.3 is 0 Å². The van der Waals surface area contributed by atoms with Crippen molar-refractivity contribution >= 4 is 0 Å². The monoisotopic (exact) mass is 219 g/mol. The summed E-state index contributed by atoms with van der Waals surface area (Å²) in [6.45, 7) is 0. The highest BCUT2D eigenvalue weighted by Gasteiger charge is 2.56. The second kappa shape index (κ2) is 3.06. The molecule has 4 rings (SSSR count). The molecule has 86 valence electrons. The van der Waals surface area contributed by atoms with Gasteiger partial charge in [-0.3, -0.25) is 0 Å². The van der Waals surface area contributed by atoms with Gasteiger partial charge in [0.15, 0.2) is 5.82 Å². The number of nitrogens with two attached hydrogens (primary N) is 1. The molecule has 0 saturated heterocycles. The van der Waals surface area contributed by atoms with Gasteiger partial charge in [0.05, 0.1) is 6.04 Å². The first-order valence-electron chi connectivity index (χ1n) is 6.43. The molecule has 3 aliphatic rings. The maximum Gasteiger partial charge on any atom is 0.230 e. The van der Waals surface area contributed by atoms with E-state index in [1.807, 2.05) is 0 Å². The average Bonchev–Trinajstić information content (AvgIpc) is 3.16. The summed E-state index contributed by atoms with van der Waals surface area (Å²) in [4.78, 5) is 4.51. The van der Waals surface area contributed by atoms with E-state index >= 15 is 0 Å². The molecule has 0 aliphatic heterocycles. The lowest BCUT2D eigenvalue weighted by Crippen LogP contribution is -2.14. The standard InChI is InChI=1S/C12H17N3O/c13-10(6-4-5-6)11-14-12(16-15-11)9-7-2-1-3-8(7)9/h6-10H,1-5,13H2. The summed E-state index contributed by atoms with van der Waals surface area (Å²) >= 11 is 0. The van der Waals surface area contributed by atoms with Crippen molar-refractivity contribution in [3.63, 3.8) is 0 Å². The largest absolute Gasteiger partial charge is 0.339 e. The maximum absolute atomic E-state index is 6.06. The van der Waals surface area contributed by atoms with Gasteiger partial charge in [0.2, 0.25) is 5.89 Å². The normalized spacial score (nSPS) is 38.4. The van der Waals surface area contributed by atoms with Crippen molar-refractivity contribution < 1.29 is 4.52 Å². The summed E-state index contributed by atoms with van der Waals surface area (Å²) < 4.78 is 5.38. The lowest BCUT2D eigenvalue weighted by Gasteiger charge is -2.01. The van der Waals surface area contributed by atoms with E-state index in [0.29, 0.717) is 11.8 Å². The van der Waals surface area contributed by atoms with Crippen LogP contribution in [0, 0.1) is 17.8 Å². The van der Waals surface area contributed by atoms with Gasteiger partial charge in [0.25, 0.3) is 0 Å². The van der Waals surface area contributed by atoms with Crippen LogP contribution in [0.15, 0.2) is 4.52 Å². The highest BCUT2D eigenvalue weighted by Crippen LogP contribution is 2.62. The first-order chi connectivity index (χ1) is 7.84. The predicted octanol–water partition coefficient (Wildman–Crippen LogP) is 1.99. The molecule has 1 aromatic rings. The zero-order valence-corrected chi connectivity index (χ0v) is 9.30. The van der Waals surface area contributed by atoms with Crippen LogP contribution in [0.4, 0.5) is 0 Å². The molecule has 0 bridgehead atoms. The number of aromatic nitrogens is 2. The molecule has 0 radical (unpaired) electrons. The van der Waals surface area contributed by atoms with Gasteiger partial charge in [0, 0.05) is 5.92 Å². The Kier molecular flexibility index (Phi) is 1.76. The molecule has 4 nitrogen and oxygen atoms in total. The summed E-state index contributed by atoms with van der Waals surface area (Å²) in [5.74, 6) is 4.45. The first kappa shape index (κ1) is 9.16. The van der Waals surface area contributed by atoms with Crippen molar-refractivity contribution in [1.29, 1.82) is 0 Å². The van der Waals surface area contributed by atoms with Crippen molar-refractivity contribution in [2.45, 2.75) is 44.1 Å². The van der Waals surface area contributed by atoms with Crippen molar-refractivity contribution in [1.82, 2.24) is 10.1 Å². The number of fused-ring (bicyclic) bond motifs is 1. The molecule has 2 N–H and O–H groups in total. The van der Waals surface area contributed by atoms with Crippen LogP contribution in [0.3, 0.4) is 0 Å². The van der Waals surface area contributed by atoms with Gasteiger partial charge in [-0.2, -0.15) is 4.98 Å². The van der Waals surface area contributed by atoms with Crippen molar-refractivity contribution in [2.24, 2.45) is 23.5 Å². The molecule has 3 atom stereocenters. The van der Waals surface area contributed by atoms with Crippen LogP contribution in [-0.4, -0.2) is 10.1 Å². The number of hydrogen-bond donors (Lipinski definition) is 1. The summed E-state index contributed by atoms with van der Waals surface area (Å²) in [6, 6.07) is 0.0103. The minimum absolute atomic E-state index is 0.0103. The van der Waals surface area contributed by atoms with Crippen LogP contribution in [0.2, 0.25) is 0 Å². The molecule has 0 spiro atoms. The lowest BCUT2D eigenvalue weighted by molar-refractivity contribution is 0.358. The van der Waals surface area contributed by atoms with Gasteiger partial charge in [-0.15, -0.1) is 0 Å². The molecule has 1 heterocycles. The fourth-order valence-electron chi connectivity index (χ4n) is 3.37. The molecular weight excluding hydrogens is 202 g/mol. The Morgan fingerprint density at radius 3 is 2.62 bits per heavy atom. The van der Waals surface area contributed by atoms with Crippen LogP contribution in [0.5, 0.6) is 0 Å². The van der Waals surface area contributed by atoms with Gasteiger partial charge < -0.3 is 10.3 Å². The van der Waals surface area contributed by atoms with Crippen LogP contribution in [0.25, 0.3) is 0 Å². The van der Waals surface area contributed by atoms with E-state index in [1.54, 1.807) is 0 Å². The van der Waals surface area contributed by atoms with Crippen molar-refractivity contribution in [3.8, 4) is 0 Å². The van der Waals surface area contributed by atoms with Gasteiger partial charge in [-0.05, 0) is 43.4 Å². The highest BCUT2D eigenvalue weighted by molar-refractivity contribution is 5.16. The van der Waals surface area contributed by atoms with Crippen molar-refractivity contribution in [2.75, 3.05) is 0 Å². The van der Waals surface area contributed by atoms with E-state index in [2.05, 4.69) is 10.1 Å². The molecule has 0 amide bonds. The summed E-state index contributed by atoms with van der Waals surface area (Å²) in [6.07, 6.45) is 6.53. The Bertz CT molecular complexity index is 402. The SMILES string of the molecule is NC(c1noc(C2C3CCCC32)n1)C1CC1. The smallest absolute Gasteiger partial charge is 0.230 e. The van der Waals surface area contributed by atoms with E-state index in [9.17, 15) is 0 Å². The fourth-order valence-corrected chi connectivity index (χ4v) is 3.37. The number of hydrogen-bond acceptors (Lipinski definition) is 4. The van der Waals surface area contributed by atoms with E-state index in [-0.39, 0.29) is 6.04 Å². The van der Waals surface area contributed by atoms with E-state index in [1.165, 1.54) is 32.1 Å². The molecule has 4 heteroatoms. The Hall–Kier alpha value is -0.900. The van der Waals surface area contributed by atoms with Crippen molar-refractivity contribution in [3.05, 3.63) is 11.7 Å². The molecule has 0 aromatic carbocycles. The fraction of sp³-hybridized carbons (Fsp3) is 0.833. The van der Waals surface area contributed by atoms with E-state index in [0.717, 1.165) is 23.6 Å². The molecule has 3 fully saturated rings. The van der Waals surface area contributed by atoms with E-state index < -0.39 is 0 Å². The quantitative estimate of drug-likeness (QED) is 0.844. The molecular formula is C12H17N3O. The molecule has 3 unspecified atom stereocenters. The Morgan fingerprint density at radius 2 is 1.94 bits per heavy atom. The topological polar surface area (TPSA) is 64.9 Å². The Morgan fingerprint density at radius 1 is 1.19 bits per heavy atom. The minimum Gasteiger partial charge on any atom is -0.339 e. The molecule has 3 aliphatic carbocycles. The third-order valence-electron chi connectivity index (χ3n) is 4.58. The van der Waals surface area contributed by atoms with E-state index in [4.69, 9.17) is 10.3 Å². The van der Waals surface area contributed by atoms with Crippen LogP contribution < -0.4 is 5.73 Å². The molecule has 3 saturated carbocycles. The second-order valence-electron chi connectivity index (χ2n) is 5.64. The van der Waals surface area contributed by atoms with Gasteiger partial charge in [-0.25, -0.2) is 0 Å². The van der Waals surface area contributed by atoms with Gasteiger partial charge in [-0.1, -0.05) is 11.6 Å². The Balaban J connectivity index is 1.53. The first-order valence-corrected chi connectivity index (χ1v) is 6.43. The highest BCUT2D eigenvalue weighted by atomic mass is 16.5. The maximum atomic E-state index is 6.06. The molecule has 1 aromatic heterocycles. The summed E-state index contributed by atoms with van der Waals surface area (Å²) in [5, 5.41) is 4.05. The third-order valence-corrected chi connectivity index (χ3v) is 4.58. The summed E-state index contributed by atoms with van der Waals surface area (Å²) in [5.41, 5.74) is 6.06. The third kappa shape index (κ3) is 1.25.